The fourth-order valence-electron chi connectivity index (χ4n) is 3.02. The molecule has 0 spiro atoms. The zero-order chi connectivity index (χ0) is 15.7. The van der Waals surface area contributed by atoms with Crippen LogP contribution in [-0.2, 0) is 6.54 Å². The molecule has 0 saturated carbocycles. The summed E-state index contributed by atoms with van der Waals surface area (Å²) in [5, 5.41) is 5.58. The molecule has 2 aromatic rings. The Hall–Kier alpha value is -1.69. The molecular weight excluding hydrogens is 296 g/mol. The predicted octanol–water partition coefficient (Wildman–Crippen LogP) is 3.00. The van der Waals surface area contributed by atoms with Crippen molar-refractivity contribution in [3.63, 3.8) is 0 Å². The summed E-state index contributed by atoms with van der Waals surface area (Å²) in [5.41, 5.74) is 1.60. The van der Waals surface area contributed by atoms with Gasteiger partial charge in [0.25, 0.3) is 5.91 Å². The first-order valence-corrected chi connectivity index (χ1v) is 8.66. The van der Waals surface area contributed by atoms with E-state index < -0.39 is 0 Å². The van der Waals surface area contributed by atoms with Crippen molar-refractivity contribution in [3.05, 3.63) is 33.5 Å². The number of carbonyl (C=O) groups excluding carboxylic acids is 1. The summed E-state index contributed by atoms with van der Waals surface area (Å²) >= 11 is 1.75. The van der Waals surface area contributed by atoms with E-state index in [4.69, 9.17) is 0 Å². The van der Waals surface area contributed by atoms with E-state index in [2.05, 4.69) is 17.0 Å². The molecule has 1 saturated heterocycles. The standard InChI is InChI=1S/C16H22N4OS/c1-4-20-11(2)8-14(18-20)16(21)19-7-5-6-13(10-19)15-17-9-12(3)22-15/h8-9,13H,4-7,10H2,1-3H3/t13-/m1/s1. The molecule has 22 heavy (non-hydrogen) atoms. The van der Waals surface area contributed by atoms with Crippen LogP contribution in [0.5, 0.6) is 0 Å². The molecule has 0 aliphatic carbocycles. The van der Waals surface area contributed by atoms with Crippen molar-refractivity contribution in [2.24, 2.45) is 0 Å². The highest BCUT2D eigenvalue weighted by Crippen LogP contribution is 2.30. The van der Waals surface area contributed by atoms with Crippen molar-refractivity contribution in [2.75, 3.05) is 13.1 Å². The molecule has 1 fully saturated rings. The number of rotatable bonds is 3. The molecule has 6 heteroatoms. The van der Waals surface area contributed by atoms with Crippen LogP contribution < -0.4 is 0 Å². The van der Waals surface area contributed by atoms with Crippen LogP contribution in [0, 0.1) is 13.8 Å². The molecule has 0 N–H and O–H groups in total. The number of likely N-dealkylation sites (tertiary alicyclic amines) is 1. The van der Waals surface area contributed by atoms with Gasteiger partial charge >= 0.3 is 0 Å². The Balaban J connectivity index is 1.74. The van der Waals surface area contributed by atoms with E-state index in [0.717, 1.165) is 43.2 Å². The fraction of sp³-hybridized carbons (Fsp3) is 0.562. The lowest BCUT2D eigenvalue weighted by atomic mass is 9.98. The maximum atomic E-state index is 12.7. The molecule has 1 atom stereocenters. The topological polar surface area (TPSA) is 51.0 Å². The molecule has 118 valence electrons. The van der Waals surface area contributed by atoms with Crippen molar-refractivity contribution < 1.29 is 4.79 Å². The molecule has 1 aliphatic heterocycles. The molecule has 0 radical (unpaired) electrons. The smallest absolute Gasteiger partial charge is 0.274 e. The van der Waals surface area contributed by atoms with Crippen molar-refractivity contribution in [1.82, 2.24) is 19.7 Å². The van der Waals surface area contributed by atoms with Gasteiger partial charge in [-0.15, -0.1) is 11.3 Å². The van der Waals surface area contributed by atoms with E-state index in [1.54, 1.807) is 11.3 Å². The number of aromatic nitrogens is 3. The first-order chi connectivity index (χ1) is 10.6. The number of amides is 1. The van der Waals surface area contributed by atoms with Crippen molar-refractivity contribution in [2.45, 2.75) is 46.1 Å². The molecule has 2 aromatic heterocycles. The van der Waals surface area contributed by atoms with E-state index in [-0.39, 0.29) is 5.91 Å². The Morgan fingerprint density at radius 2 is 2.27 bits per heavy atom. The van der Waals surface area contributed by atoms with E-state index in [1.165, 1.54) is 4.88 Å². The van der Waals surface area contributed by atoms with Crippen molar-refractivity contribution in [3.8, 4) is 0 Å². The molecular formula is C16H22N4OS. The van der Waals surface area contributed by atoms with Gasteiger partial charge in [0, 0.05) is 42.3 Å². The second kappa shape index (κ2) is 6.20. The average molecular weight is 318 g/mol. The SMILES string of the molecule is CCn1nc(C(=O)N2CCC[C@@H](c3ncc(C)s3)C2)cc1C. The normalized spacial score (nSPS) is 18.7. The number of nitrogens with zero attached hydrogens (tertiary/aromatic N) is 4. The Labute approximate surface area is 135 Å². The third-order valence-electron chi connectivity index (χ3n) is 4.20. The zero-order valence-corrected chi connectivity index (χ0v) is 14.2. The average Bonchev–Trinajstić information content (AvgIpc) is 3.12. The highest BCUT2D eigenvalue weighted by atomic mass is 32.1. The van der Waals surface area contributed by atoms with Gasteiger partial charge in [0.2, 0.25) is 0 Å². The van der Waals surface area contributed by atoms with E-state index >= 15 is 0 Å². The van der Waals surface area contributed by atoms with Gasteiger partial charge < -0.3 is 4.90 Å². The van der Waals surface area contributed by atoms with E-state index in [9.17, 15) is 4.79 Å². The second-order valence-electron chi connectivity index (χ2n) is 5.89. The molecule has 3 rings (SSSR count). The summed E-state index contributed by atoms with van der Waals surface area (Å²) in [6.07, 6.45) is 4.06. The Bertz CT molecular complexity index is 675. The van der Waals surface area contributed by atoms with Crippen LogP contribution in [0.4, 0.5) is 0 Å². The third kappa shape index (κ3) is 2.92. The van der Waals surface area contributed by atoms with Crippen LogP contribution in [0.3, 0.4) is 0 Å². The highest BCUT2D eigenvalue weighted by molar-refractivity contribution is 7.11. The lowest BCUT2D eigenvalue weighted by molar-refractivity contribution is 0.0700. The van der Waals surface area contributed by atoms with Gasteiger partial charge in [-0.05, 0) is 39.7 Å². The highest BCUT2D eigenvalue weighted by Gasteiger charge is 2.28. The van der Waals surface area contributed by atoms with Gasteiger partial charge in [0.05, 0.1) is 5.01 Å². The van der Waals surface area contributed by atoms with Crippen molar-refractivity contribution >= 4 is 17.2 Å². The van der Waals surface area contributed by atoms with Crippen LogP contribution in [-0.4, -0.2) is 38.7 Å². The maximum absolute atomic E-state index is 12.7. The number of hydrogen-bond donors (Lipinski definition) is 0. The first kappa shape index (κ1) is 15.2. The Morgan fingerprint density at radius 3 is 2.91 bits per heavy atom. The van der Waals surface area contributed by atoms with Gasteiger partial charge in [-0.1, -0.05) is 0 Å². The van der Waals surface area contributed by atoms with Gasteiger partial charge in [-0.2, -0.15) is 5.10 Å². The number of aryl methyl sites for hydroxylation is 3. The largest absolute Gasteiger partial charge is 0.337 e. The minimum atomic E-state index is 0.0493. The fourth-order valence-corrected chi connectivity index (χ4v) is 3.92. The summed E-state index contributed by atoms with van der Waals surface area (Å²) in [4.78, 5) is 20.4. The summed E-state index contributed by atoms with van der Waals surface area (Å²) in [6.45, 7) is 8.47. The third-order valence-corrected chi connectivity index (χ3v) is 5.27. The summed E-state index contributed by atoms with van der Waals surface area (Å²) < 4.78 is 1.87. The van der Waals surface area contributed by atoms with Crippen LogP contribution >= 0.6 is 11.3 Å². The number of thiazole rings is 1. The Morgan fingerprint density at radius 1 is 1.45 bits per heavy atom. The van der Waals surface area contributed by atoms with E-state index in [0.29, 0.717) is 11.6 Å². The molecule has 0 bridgehead atoms. The molecule has 0 aromatic carbocycles. The van der Waals surface area contributed by atoms with Gasteiger partial charge in [-0.25, -0.2) is 4.98 Å². The van der Waals surface area contributed by atoms with Gasteiger partial charge in [0.1, 0.15) is 0 Å². The number of hydrogen-bond acceptors (Lipinski definition) is 4. The molecule has 1 amide bonds. The predicted molar refractivity (Wildman–Crippen MR) is 87.4 cm³/mol. The van der Waals surface area contributed by atoms with Crippen LogP contribution in [0.2, 0.25) is 0 Å². The number of piperidine rings is 1. The quantitative estimate of drug-likeness (QED) is 0.874. The second-order valence-corrected chi connectivity index (χ2v) is 7.15. The summed E-state index contributed by atoms with van der Waals surface area (Å²) in [7, 11) is 0. The minimum absolute atomic E-state index is 0.0493. The maximum Gasteiger partial charge on any atom is 0.274 e. The molecule has 1 aliphatic rings. The molecule has 0 unspecified atom stereocenters. The van der Waals surface area contributed by atoms with Gasteiger partial charge in [0.15, 0.2) is 5.69 Å². The van der Waals surface area contributed by atoms with Crippen LogP contribution in [0.15, 0.2) is 12.3 Å². The van der Waals surface area contributed by atoms with Crippen LogP contribution in [0.1, 0.15) is 51.8 Å². The summed E-state index contributed by atoms with van der Waals surface area (Å²) in [5.74, 6) is 0.416. The van der Waals surface area contributed by atoms with Gasteiger partial charge in [-0.3, -0.25) is 9.48 Å². The summed E-state index contributed by atoms with van der Waals surface area (Å²) in [6, 6.07) is 1.89. The lowest BCUT2D eigenvalue weighted by Gasteiger charge is -2.31. The number of carbonyl (C=O) groups is 1. The van der Waals surface area contributed by atoms with Crippen molar-refractivity contribution in [1.29, 1.82) is 0 Å². The zero-order valence-electron chi connectivity index (χ0n) is 13.4. The Kier molecular flexibility index (Phi) is 4.29. The van der Waals surface area contributed by atoms with E-state index in [1.807, 2.05) is 35.7 Å². The molecule has 3 heterocycles. The lowest BCUT2D eigenvalue weighted by Crippen LogP contribution is -2.39. The minimum Gasteiger partial charge on any atom is -0.337 e. The monoisotopic (exact) mass is 318 g/mol. The van der Waals surface area contributed by atoms with Crippen LogP contribution in [0.25, 0.3) is 0 Å². The first-order valence-electron chi connectivity index (χ1n) is 7.84. The molecule has 5 nitrogen and oxygen atoms in total.